The molecular formula is C14H16N2. The zero-order valence-corrected chi connectivity index (χ0v) is 9.99. The summed E-state index contributed by atoms with van der Waals surface area (Å²) in [7, 11) is 0. The Morgan fingerprint density at radius 2 is 1.81 bits per heavy atom. The molecule has 0 saturated carbocycles. The molecule has 0 aliphatic rings. The zero-order valence-electron chi connectivity index (χ0n) is 9.99. The molecular weight excluding hydrogens is 196 g/mol. The van der Waals surface area contributed by atoms with Gasteiger partial charge in [0.2, 0.25) is 0 Å². The van der Waals surface area contributed by atoms with Gasteiger partial charge in [-0.3, -0.25) is 9.97 Å². The summed E-state index contributed by atoms with van der Waals surface area (Å²) >= 11 is 0. The van der Waals surface area contributed by atoms with E-state index in [0.717, 1.165) is 34.8 Å². The van der Waals surface area contributed by atoms with Gasteiger partial charge < -0.3 is 0 Å². The first-order valence-corrected chi connectivity index (χ1v) is 5.61. The van der Waals surface area contributed by atoms with E-state index in [1.165, 1.54) is 0 Å². The summed E-state index contributed by atoms with van der Waals surface area (Å²) < 4.78 is 0. The average molecular weight is 212 g/mol. The lowest BCUT2D eigenvalue weighted by Crippen LogP contribution is -1.94. The fourth-order valence-electron chi connectivity index (χ4n) is 1.78. The maximum atomic E-state index is 4.61. The van der Waals surface area contributed by atoms with Crippen molar-refractivity contribution in [3.8, 4) is 11.3 Å². The monoisotopic (exact) mass is 212 g/mol. The summed E-state index contributed by atoms with van der Waals surface area (Å²) in [5.74, 6) is 0. The quantitative estimate of drug-likeness (QED) is 0.763. The lowest BCUT2D eigenvalue weighted by molar-refractivity contribution is 1.03. The lowest BCUT2D eigenvalue weighted by atomic mass is 10.1. The van der Waals surface area contributed by atoms with Crippen LogP contribution in [0, 0.1) is 13.8 Å². The summed E-state index contributed by atoms with van der Waals surface area (Å²) in [5, 5.41) is 0. The van der Waals surface area contributed by atoms with Crippen molar-refractivity contribution in [2.45, 2.75) is 27.2 Å². The van der Waals surface area contributed by atoms with Gasteiger partial charge in [0.15, 0.2) is 0 Å². The Bertz CT molecular complexity index is 504. The van der Waals surface area contributed by atoms with E-state index in [2.05, 4.69) is 35.1 Å². The van der Waals surface area contributed by atoms with Crippen molar-refractivity contribution in [1.29, 1.82) is 0 Å². The Kier molecular flexibility index (Phi) is 3.00. The molecule has 0 spiro atoms. The van der Waals surface area contributed by atoms with Crippen LogP contribution in [0.3, 0.4) is 0 Å². The van der Waals surface area contributed by atoms with E-state index in [1.54, 1.807) is 0 Å². The third kappa shape index (κ3) is 2.11. The molecule has 0 N–H and O–H groups in total. The molecule has 2 heterocycles. The van der Waals surface area contributed by atoms with Crippen LogP contribution in [0.1, 0.15) is 24.0 Å². The molecule has 2 aromatic heterocycles. The number of pyridine rings is 2. The van der Waals surface area contributed by atoms with E-state index in [0.29, 0.717) is 0 Å². The SMILES string of the molecule is CCc1cccc(-c2ccc(C)nc2C)n1. The molecule has 0 amide bonds. The highest BCUT2D eigenvalue weighted by Crippen LogP contribution is 2.20. The lowest BCUT2D eigenvalue weighted by Gasteiger charge is -2.06. The fraction of sp³-hybridized carbons (Fsp3) is 0.286. The highest BCUT2D eigenvalue weighted by Gasteiger charge is 2.04. The van der Waals surface area contributed by atoms with Gasteiger partial charge in [-0.1, -0.05) is 13.0 Å². The molecule has 0 atom stereocenters. The van der Waals surface area contributed by atoms with E-state index >= 15 is 0 Å². The second-order valence-corrected chi connectivity index (χ2v) is 3.95. The Balaban J connectivity index is 2.49. The fourth-order valence-corrected chi connectivity index (χ4v) is 1.78. The number of hydrogen-bond acceptors (Lipinski definition) is 2. The second-order valence-electron chi connectivity index (χ2n) is 3.95. The van der Waals surface area contributed by atoms with E-state index < -0.39 is 0 Å². The van der Waals surface area contributed by atoms with Crippen LogP contribution >= 0.6 is 0 Å². The van der Waals surface area contributed by atoms with Crippen LogP contribution in [-0.2, 0) is 6.42 Å². The smallest absolute Gasteiger partial charge is 0.0723 e. The Morgan fingerprint density at radius 1 is 1.00 bits per heavy atom. The molecule has 0 radical (unpaired) electrons. The van der Waals surface area contributed by atoms with Crippen LogP contribution in [-0.4, -0.2) is 9.97 Å². The zero-order chi connectivity index (χ0) is 11.5. The maximum Gasteiger partial charge on any atom is 0.0723 e. The highest BCUT2D eigenvalue weighted by atomic mass is 14.7. The highest BCUT2D eigenvalue weighted by molar-refractivity contribution is 5.61. The molecule has 16 heavy (non-hydrogen) atoms. The molecule has 0 aliphatic carbocycles. The van der Waals surface area contributed by atoms with E-state index in [-0.39, 0.29) is 0 Å². The first kappa shape index (κ1) is 10.8. The van der Waals surface area contributed by atoms with Crippen LogP contribution in [0.4, 0.5) is 0 Å². The summed E-state index contributed by atoms with van der Waals surface area (Å²) in [5.41, 5.74) is 5.36. The van der Waals surface area contributed by atoms with E-state index in [4.69, 9.17) is 0 Å². The number of nitrogens with zero attached hydrogens (tertiary/aromatic N) is 2. The summed E-state index contributed by atoms with van der Waals surface area (Å²) in [6, 6.07) is 10.3. The first-order valence-electron chi connectivity index (χ1n) is 5.61. The van der Waals surface area contributed by atoms with Crippen molar-refractivity contribution >= 4 is 0 Å². The average Bonchev–Trinajstić information content (AvgIpc) is 2.29. The minimum absolute atomic E-state index is 0.964. The normalized spacial score (nSPS) is 10.4. The molecule has 0 unspecified atom stereocenters. The first-order chi connectivity index (χ1) is 7.70. The van der Waals surface area contributed by atoms with Crippen molar-refractivity contribution in [1.82, 2.24) is 9.97 Å². The standard InChI is InChI=1S/C14H16N2/c1-4-12-6-5-7-14(16-12)13-9-8-10(2)15-11(13)3/h5-9H,4H2,1-3H3. The summed E-state index contributed by atoms with van der Waals surface area (Å²) in [4.78, 5) is 9.08. The van der Waals surface area contributed by atoms with Gasteiger partial charge in [0, 0.05) is 22.6 Å². The topological polar surface area (TPSA) is 25.8 Å². The molecule has 0 saturated heterocycles. The number of aryl methyl sites for hydroxylation is 3. The van der Waals surface area contributed by atoms with Crippen molar-refractivity contribution in [3.05, 3.63) is 47.4 Å². The van der Waals surface area contributed by atoms with Gasteiger partial charge in [-0.25, -0.2) is 0 Å². The van der Waals surface area contributed by atoms with Gasteiger partial charge in [-0.05, 0) is 44.5 Å². The minimum atomic E-state index is 0.964. The van der Waals surface area contributed by atoms with E-state index in [9.17, 15) is 0 Å². The number of hydrogen-bond donors (Lipinski definition) is 0. The van der Waals surface area contributed by atoms with Crippen LogP contribution in [0.2, 0.25) is 0 Å². The van der Waals surface area contributed by atoms with Crippen LogP contribution < -0.4 is 0 Å². The second kappa shape index (κ2) is 4.44. The predicted molar refractivity (Wildman–Crippen MR) is 66.3 cm³/mol. The molecule has 2 aromatic rings. The molecule has 2 heteroatoms. The van der Waals surface area contributed by atoms with Crippen molar-refractivity contribution in [3.63, 3.8) is 0 Å². The summed E-state index contributed by atoms with van der Waals surface area (Å²) in [6.07, 6.45) is 0.964. The Labute approximate surface area is 96.4 Å². The largest absolute Gasteiger partial charge is 0.258 e. The molecule has 0 aliphatic heterocycles. The number of aromatic nitrogens is 2. The van der Waals surface area contributed by atoms with Gasteiger partial charge in [0.05, 0.1) is 5.69 Å². The Hall–Kier alpha value is -1.70. The van der Waals surface area contributed by atoms with Gasteiger partial charge in [-0.2, -0.15) is 0 Å². The van der Waals surface area contributed by atoms with Crippen molar-refractivity contribution < 1.29 is 0 Å². The minimum Gasteiger partial charge on any atom is -0.258 e. The molecule has 82 valence electrons. The van der Waals surface area contributed by atoms with E-state index in [1.807, 2.05) is 26.0 Å². The van der Waals surface area contributed by atoms with Crippen LogP contribution in [0.15, 0.2) is 30.3 Å². The summed E-state index contributed by atoms with van der Waals surface area (Å²) in [6.45, 7) is 6.15. The maximum absolute atomic E-state index is 4.61. The molecule has 2 rings (SSSR count). The molecule has 0 bridgehead atoms. The van der Waals surface area contributed by atoms with Crippen LogP contribution in [0.25, 0.3) is 11.3 Å². The van der Waals surface area contributed by atoms with Gasteiger partial charge in [0.25, 0.3) is 0 Å². The van der Waals surface area contributed by atoms with Gasteiger partial charge >= 0.3 is 0 Å². The third-order valence-corrected chi connectivity index (χ3v) is 2.67. The molecule has 0 fully saturated rings. The van der Waals surface area contributed by atoms with Crippen LogP contribution in [0.5, 0.6) is 0 Å². The van der Waals surface area contributed by atoms with Gasteiger partial charge in [-0.15, -0.1) is 0 Å². The molecule has 0 aromatic carbocycles. The van der Waals surface area contributed by atoms with Crippen molar-refractivity contribution in [2.24, 2.45) is 0 Å². The Morgan fingerprint density at radius 3 is 2.50 bits per heavy atom. The predicted octanol–water partition coefficient (Wildman–Crippen LogP) is 3.32. The van der Waals surface area contributed by atoms with Crippen molar-refractivity contribution in [2.75, 3.05) is 0 Å². The number of rotatable bonds is 2. The third-order valence-electron chi connectivity index (χ3n) is 2.67. The molecule has 2 nitrogen and oxygen atoms in total. The van der Waals surface area contributed by atoms with Gasteiger partial charge in [0.1, 0.15) is 0 Å².